The molecule has 0 atom stereocenters. The second-order valence-electron chi connectivity index (χ2n) is 15.3. The topological polar surface area (TPSA) is 37.4 Å². The fraction of sp³-hybridized carbons (Fsp3) is 0.0196. The Labute approximate surface area is 337 Å². The second kappa shape index (κ2) is 11.2. The summed E-state index contributed by atoms with van der Waals surface area (Å²) < 4.78 is 28.5. The minimum absolute atomic E-state index is 0.351. The summed E-state index contributed by atoms with van der Waals surface area (Å²) in [5.74, 6) is 0. The quantitative estimate of drug-likeness (QED) is 0.175. The van der Waals surface area contributed by atoms with Crippen LogP contribution in [-0.4, -0.2) is 8.42 Å². The van der Waals surface area contributed by atoms with Crippen molar-refractivity contribution in [2.45, 2.75) is 15.2 Å². The zero-order chi connectivity index (χ0) is 37.6. The predicted molar refractivity (Wildman–Crippen MR) is 237 cm³/mol. The van der Waals surface area contributed by atoms with Crippen LogP contribution in [-0.2, 0) is 15.3 Å². The van der Waals surface area contributed by atoms with E-state index in [2.05, 4.69) is 155 Å². The third kappa shape index (κ3) is 4.07. The summed E-state index contributed by atoms with van der Waals surface area (Å²) in [6, 6.07) is 57.9. The largest absolute Gasteiger partial charge is 0.310 e. The fourth-order valence-electron chi connectivity index (χ4n) is 10.1. The normalized spacial score (nSPS) is 15.1. The molecule has 268 valence electrons. The van der Waals surface area contributed by atoms with Gasteiger partial charge >= 0.3 is 0 Å². The zero-order valence-electron chi connectivity index (χ0n) is 30.2. The Bertz CT molecular complexity index is 3380. The molecule has 0 saturated heterocycles. The fourth-order valence-corrected chi connectivity index (χ4v) is 13.9. The number of sulfone groups is 1. The Morgan fingerprint density at radius 2 is 0.965 bits per heavy atom. The van der Waals surface area contributed by atoms with E-state index in [0.717, 1.165) is 60.9 Å². The zero-order valence-corrected chi connectivity index (χ0v) is 32.7. The van der Waals surface area contributed by atoms with Crippen LogP contribution in [0.4, 0.5) is 17.1 Å². The summed E-state index contributed by atoms with van der Waals surface area (Å²) in [7, 11) is -3.72. The molecule has 0 unspecified atom stereocenters. The second-order valence-corrected chi connectivity index (χ2v) is 19.0. The first-order valence-electron chi connectivity index (χ1n) is 19.0. The lowest BCUT2D eigenvalue weighted by molar-refractivity contribution is 0.598. The highest BCUT2D eigenvalue weighted by Gasteiger charge is 2.53. The Hall–Kier alpha value is -6.31. The minimum atomic E-state index is -3.72. The van der Waals surface area contributed by atoms with Gasteiger partial charge in [0.2, 0.25) is 9.84 Å². The molecule has 0 bridgehead atoms. The van der Waals surface area contributed by atoms with Crippen LogP contribution in [0.25, 0.3) is 64.3 Å². The van der Waals surface area contributed by atoms with E-state index < -0.39 is 15.3 Å². The number of fused-ring (bicyclic) bond motifs is 15. The number of hydrogen-bond acceptors (Lipinski definition) is 5. The third-order valence-corrected chi connectivity index (χ3v) is 16.4. The van der Waals surface area contributed by atoms with Crippen molar-refractivity contribution in [2.75, 3.05) is 4.90 Å². The maximum absolute atomic E-state index is 14.3. The van der Waals surface area contributed by atoms with Crippen molar-refractivity contribution in [3.8, 4) is 32.0 Å². The van der Waals surface area contributed by atoms with Crippen LogP contribution >= 0.6 is 22.7 Å². The molecule has 0 N–H and O–H groups in total. The first-order chi connectivity index (χ1) is 28.0. The highest BCUT2D eigenvalue weighted by molar-refractivity contribution is 7.92. The summed E-state index contributed by atoms with van der Waals surface area (Å²) in [5, 5.41) is 11.5. The average molecular weight is 784 g/mol. The van der Waals surface area contributed by atoms with Gasteiger partial charge in [0.25, 0.3) is 0 Å². The summed E-state index contributed by atoms with van der Waals surface area (Å²) in [5.41, 5.74) is 11.3. The number of rotatable bonds is 2. The van der Waals surface area contributed by atoms with Crippen LogP contribution in [0.5, 0.6) is 0 Å². The molecule has 1 spiro atoms. The molecule has 0 saturated carbocycles. The van der Waals surface area contributed by atoms with Crippen LogP contribution in [0.15, 0.2) is 184 Å². The van der Waals surface area contributed by atoms with Gasteiger partial charge < -0.3 is 4.90 Å². The average Bonchev–Trinajstić information content (AvgIpc) is 4.02. The highest BCUT2D eigenvalue weighted by atomic mass is 32.2. The molecule has 2 aliphatic heterocycles. The molecule has 3 aliphatic rings. The van der Waals surface area contributed by atoms with Gasteiger partial charge in [0.05, 0.1) is 26.6 Å². The van der Waals surface area contributed by atoms with Gasteiger partial charge in [0.15, 0.2) is 0 Å². The van der Waals surface area contributed by atoms with Crippen molar-refractivity contribution in [3.05, 3.63) is 197 Å². The van der Waals surface area contributed by atoms with E-state index in [0.29, 0.717) is 9.79 Å². The maximum atomic E-state index is 14.3. The van der Waals surface area contributed by atoms with Crippen LogP contribution < -0.4 is 4.90 Å². The van der Waals surface area contributed by atoms with E-state index in [9.17, 15) is 8.42 Å². The molecule has 57 heavy (non-hydrogen) atoms. The Balaban J connectivity index is 1.11. The van der Waals surface area contributed by atoms with Gasteiger partial charge in [-0.25, -0.2) is 8.42 Å². The Kier molecular flexibility index (Phi) is 6.24. The van der Waals surface area contributed by atoms with Gasteiger partial charge in [-0.3, -0.25) is 0 Å². The van der Waals surface area contributed by atoms with E-state index in [-0.39, 0.29) is 0 Å². The van der Waals surface area contributed by atoms with Crippen molar-refractivity contribution in [2.24, 2.45) is 0 Å². The third-order valence-electron chi connectivity index (χ3n) is 12.5. The standard InChI is InChI=1S/C51H29NO2S3/c53-57(54)47-18-16-35(38-15-7-13-30-8-5-6-14-37(30)38)24-39(47)40-29-36(17-19-48(40)57)52-45-27-33-11-3-1-9-31(33)25-43(45)51(41-20-22-55-49(41)50-42(51)21-23-56-50)44-26-32-10-2-4-12-34(32)28-46(44)52/h1-29H. The van der Waals surface area contributed by atoms with Crippen molar-refractivity contribution in [3.63, 3.8) is 0 Å². The monoisotopic (exact) mass is 783 g/mol. The van der Waals surface area contributed by atoms with Crippen LogP contribution in [0.1, 0.15) is 22.3 Å². The molecule has 2 aromatic heterocycles. The van der Waals surface area contributed by atoms with Gasteiger partial charge in [0, 0.05) is 26.6 Å². The van der Waals surface area contributed by atoms with Crippen molar-refractivity contribution >= 4 is 81.9 Å². The van der Waals surface area contributed by atoms with Gasteiger partial charge in [-0.1, -0.05) is 97.1 Å². The van der Waals surface area contributed by atoms with E-state index >= 15 is 0 Å². The van der Waals surface area contributed by atoms with Gasteiger partial charge in [-0.15, -0.1) is 22.7 Å². The molecule has 10 aromatic rings. The Morgan fingerprint density at radius 3 is 1.60 bits per heavy atom. The molecule has 8 aromatic carbocycles. The molecule has 0 radical (unpaired) electrons. The van der Waals surface area contributed by atoms with E-state index in [1.165, 1.54) is 42.8 Å². The number of hydrogen-bond donors (Lipinski definition) is 0. The van der Waals surface area contributed by atoms with Gasteiger partial charge in [-0.2, -0.15) is 0 Å². The van der Waals surface area contributed by atoms with Crippen LogP contribution in [0.3, 0.4) is 0 Å². The molecule has 3 nitrogen and oxygen atoms in total. The Morgan fingerprint density at radius 1 is 0.439 bits per heavy atom. The molecule has 4 heterocycles. The van der Waals surface area contributed by atoms with Crippen molar-refractivity contribution in [1.29, 1.82) is 0 Å². The van der Waals surface area contributed by atoms with Crippen LogP contribution in [0.2, 0.25) is 0 Å². The SMILES string of the molecule is O=S1(=O)c2ccc(-c3cccc4ccccc34)cc2-c2cc(N3c4cc5ccccc5cc4C4(c5cc6ccccc6cc53)c3ccsc3-c3sccc34)ccc21. The first kappa shape index (κ1) is 31.8. The maximum Gasteiger partial charge on any atom is 0.207 e. The van der Waals surface area contributed by atoms with E-state index in [1.54, 1.807) is 6.07 Å². The highest BCUT2D eigenvalue weighted by Crippen LogP contribution is 2.66. The van der Waals surface area contributed by atoms with Gasteiger partial charge in [-0.05, 0) is 143 Å². The predicted octanol–water partition coefficient (Wildman–Crippen LogP) is 13.9. The molecule has 0 fully saturated rings. The molecule has 0 amide bonds. The minimum Gasteiger partial charge on any atom is -0.310 e. The molecular weight excluding hydrogens is 755 g/mol. The number of nitrogens with zero attached hydrogens (tertiary/aromatic N) is 1. The number of anilines is 3. The summed E-state index contributed by atoms with van der Waals surface area (Å²) in [4.78, 5) is 5.78. The summed E-state index contributed by atoms with van der Waals surface area (Å²) in [6.45, 7) is 0. The molecule has 1 aliphatic carbocycles. The van der Waals surface area contributed by atoms with E-state index in [4.69, 9.17) is 0 Å². The lowest BCUT2D eigenvalue weighted by Gasteiger charge is -2.45. The van der Waals surface area contributed by atoms with Gasteiger partial charge in [0.1, 0.15) is 0 Å². The lowest BCUT2D eigenvalue weighted by atomic mass is 9.64. The van der Waals surface area contributed by atoms with Crippen molar-refractivity contribution < 1.29 is 8.42 Å². The lowest BCUT2D eigenvalue weighted by Crippen LogP contribution is -2.36. The van der Waals surface area contributed by atoms with Crippen LogP contribution in [0, 0.1) is 0 Å². The smallest absolute Gasteiger partial charge is 0.207 e. The number of benzene rings is 8. The molecular formula is C51H29NO2S3. The molecule has 6 heteroatoms. The van der Waals surface area contributed by atoms with E-state index in [1.807, 2.05) is 40.9 Å². The van der Waals surface area contributed by atoms with Crippen molar-refractivity contribution in [1.82, 2.24) is 0 Å². The number of thiophene rings is 2. The summed E-state index contributed by atoms with van der Waals surface area (Å²) >= 11 is 3.65. The summed E-state index contributed by atoms with van der Waals surface area (Å²) in [6.07, 6.45) is 0. The molecule has 13 rings (SSSR count). The first-order valence-corrected chi connectivity index (χ1v) is 22.3.